The standard InChI is InChI=1S/C17H18BrNO3.2C12H12BrFN2.C12H10BrNO.2ClH/c1-17(2,3)22-16(21)19-13-8-7-10(18)9-12(13)11-5-4-6-14(20)15(11)19;2*13-6-1-4-10-8(5-6)7-2-3-9(14)11(15)12(7)16-10;13-7-4-5-10-9(6-7)8-2-1-3-11(15)12(8)14-10;;/h7-9H,4-6H2,1-3H3;2*1,4-5,9,11,16H,2-3,15H2;4-6,14H,1-3H2;2*1H. The van der Waals surface area contributed by atoms with Gasteiger partial charge < -0.3 is 31.2 Å². The zero-order chi connectivity index (χ0) is 49.1. The number of halogens is 8. The van der Waals surface area contributed by atoms with Gasteiger partial charge in [-0.3, -0.25) is 9.59 Å². The van der Waals surface area contributed by atoms with Crippen LogP contribution in [0, 0.1) is 0 Å². The molecule has 10 nitrogen and oxygen atoms in total. The van der Waals surface area contributed by atoms with Crippen molar-refractivity contribution in [3.8, 4) is 0 Å². The summed E-state index contributed by atoms with van der Waals surface area (Å²) in [5, 5.41) is 4.45. The summed E-state index contributed by atoms with van der Waals surface area (Å²) in [7, 11) is 0. The monoisotopic (exact) mass is 1260 g/mol. The second-order valence-corrected chi connectivity index (χ2v) is 22.8. The Morgan fingerprint density at radius 2 is 1.01 bits per heavy atom. The van der Waals surface area contributed by atoms with Crippen molar-refractivity contribution in [1.82, 2.24) is 19.5 Å². The van der Waals surface area contributed by atoms with Crippen molar-refractivity contribution in [3.05, 3.63) is 136 Å². The minimum absolute atomic E-state index is 0. The molecule has 4 aromatic heterocycles. The summed E-state index contributed by atoms with van der Waals surface area (Å²) in [6.45, 7) is 5.46. The van der Waals surface area contributed by atoms with Gasteiger partial charge >= 0.3 is 6.09 Å². The number of aryl methyl sites for hydroxylation is 4. The van der Waals surface area contributed by atoms with Crippen LogP contribution in [-0.2, 0) is 30.4 Å². The number of carbonyl (C=O) groups is 3. The van der Waals surface area contributed by atoms with Crippen LogP contribution < -0.4 is 11.5 Å². The van der Waals surface area contributed by atoms with Crippen molar-refractivity contribution >= 4 is 150 Å². The molecule has 71 heavy (non-hydrogen) atoms. The summed E-state index contributed by atoms with van der Waals surface area (Å²) in [4.78, 5) is 46.4. The maximum absolute atomic E-state index is 13.5. The molecule has 0 spiro atoms. The average Bonchev–Trinajstić information content (AvgIpc) is 4.06. The Bertz CT molecular complexity index is 3220. The average molecular weight is 1270 g/mol. The van der Waals surface area contributed by atoms with Crippen molar-refractivity contribution in [1.29, 1.82) is 0 Å². The molecule has 0 bridgehead atoms. The van der Waals surface area contributed by atoms with Crippen molar-refractivity contribution in [3.63, 3.8) is 0 Å². The largest absolute Gasteiger partial charge is 0.443 e. The third-order valence-corrected chi connectivity index (χ3v) is 15.2. The molecule has 18 heteroatoms. The van der Waals surface area contributed by atoms with Crippen LogP contribution in [0.4, 0.5) is 13.6 Å². The molecule has 7 N–H and O–H groups in total. The molecule has 4 heterocycles. The van der Waals surface area contributed by atoms with E-state index in [0.29, 0.717) is 31.4 Å². The minimum Gasteiger partial charge on any atom is -0.443 e. The van der Waals surface area contributed by atoms with Crippen molar-refractivity contribution in [2.24, 2.45) is 11.5 Å². The highest BCUT2D eigenvalue weighted by molar-refractivity contribution is 9.11. The molecule has 4 aliphatic carbocycles. The molecule has 8 aromatic rings. The van der Waals surface area contributed by atoms with E-state index in [9.17, 15) is 23.2 Å². The second-order valence-electron chi connectivity index (χ2n) is 19.1. The molecular weight excluding hydrogens is 1210 g/mol. The summed E-state index contributed by atoms with van der Waals surface area (Å²) in [5.41, 5.74) is 22.6. The lowest BCUT2D eigenvalue weighted by Crippen LogP contribution is -2.29. The predicted molar refractivity (Wildman–Crippen MR) is 299 cm³/mol. The van der Waals surface area contributed by atoms with Crippen LogP contribution in [0.25, 0.3) is 43.6 Å². The number of carbonyl (C=O) groups excluding carboxylic acids is 3. The lowest BCUT2D eigenvalue weighted by Gasteiger charge is -2.22. The molecule has 12 rings (SSSR count). The van der Waals surface area contributed by atoms with Crippen LogP contribution in [-0.4, -0.2) is 55.1 Å². The maximum atomic E-state index is 13.5. The van der Waals surface area contributed by atoms with Crippen LogP contribution in [0.15, 0.2) is 90.7 Å². The Morgan fingerprint density at radius 3 is 1.51 bits per heavy atom. The van der Waals surface area contributed by atoms with Gasteiger partial charge in [-0.05, 0) is 167 Å². The number of hydrogen-bond donors (Lipinski definition) is 5. The summed E-state index contributed by atoms with van der Waals surface area (Å²) in [6.07, 6.45) is 5.01. The highest BCUT2D eigenvalue weighted by atomic mass is 79.9. The first-order valence-corrected chi connectivity index (χ1v) is 26.4. The van der Waals surface area contributed by atoms with Crippen LogP contribution in [0.3, 0.4) is 0 Å². The fourth-order valence-electron chi connectivity index (χ4n) is 10.1. The number of ketones is 2. The Hall–Kier alpha value is -3.87. The van der Waals surface area contributed by atoms with Gasteiger partial charge in [0.15, 0.2) is 11.6 Å². The third-order valence-electron chi connectivity index (χ3n) is 13.3. The van der Waals surface area contributed by atoms with E-state index < -0.39 is 36.1 Å². The number of ether oxygens (including phenoxy) is 1. The number of Topliss-reactive ketones (excluding diaryl/α,β-unsaturated/α-hetero) is 2. The normalized spacial score (nSPS) is 19.1. The maximum Gasteiger partial charge on any atom is 0.419 e. The fraction of sp³-hybridized carbons (Fsp3) is 0.340. The van der Waals surface area contributed by atoms with E-state index in [0.717, 1.165) is 117 Å². The number of alkyl halides is 2. The van der Waals surface area contributed by atoms with Crippen LogP contribution in [0.2, 0.25) is 0 Å². The third kappa shape index (κ3) is 11.3. The predicted octanol–water partition coefficient (Wildman–Crippen LogP) is 15.4. The minimum atomic E-state index is -0.927. The molecule has 4 aliphatic rings. The molecule has 0 amide bonds. The molecule has 0 radical (unpaired) electrons. The number of benzene rings is 4. The van der Waals surface area contributed by atoms with Gasteiger partial charge in [0.1, 0.15) is 17.9 Å². The van der Waals surface area contributed by atoms with E-state index >= 15 is 0 Å². The van der Waals surface area contributed by atoms with Crippen LogP contribution in [0.1, 0.15) is 126 Å². The molecular formula is C53H54Br4Cl2F2N6O4. The first-order chi connectivity index (χ1) is 32.9. The number of nitrogens with zero attached hydrogens (tertiary/aromatic N) is 1. The summed E-state index contributed by atoms with van der Waals surface area (Å²) in [6, 6.07) is 22.9. The topological polar surface area (TPSA) is 165 Å². The van der Waals surface area contributed by atoms with Crippen molar-refractivity contribution in [2.45, 2.75) is 115 Å². The van der Waals surface area contributed by atoms with Gasteiger partial charge in [-0.1, -0.05) is 63.7 Å². The van der Waals surface area contributed by atoms with Gasteiger partial charge in [-0.15, -0.1) is 24.8 Å². The highest BCUT2D eigenvalue weighted by Crippen LogP contribution is 2.39. The number of aromatic nitrogens is 4. The van der Waals surface area contributed by atoms with Crippen molar-refractivity contribution < 1.29 is 27.9 Å². The molecule has 0 fully saturated rings. The Morgan fingerprint density at radius 1 is 0.592 bits per heavy atom. The number of aromatic amines is 3. The molecule has 0 saturated carbocycles. The molecule has 0 saturated heterocycles. The van der Waals surface area contributed by atoms with E-state index in [1.807, 2.05) is 75.4 Å². The van der Waals surface area contributed by atoms with Crippen LogP contribution >= 0.6 is 88.5 Å². The Balaban J connectivity index is 0.000000139. The number of fused-ring (bicyclic) bond motifs is 12. The molecule has 4 unspecified atom stereocenters. The van der Waals surface area contributed by atoms with E-state index in [-0.39, 0.29) is 36.4 Å². The Labute approximate surface area is 455 Å². The van der Waals surface area contributed by atoms with E-state index in [2.05, 4.69) is 96.9 Å². The van der Waals surface area contributed by atoms with E-state index in [1.54, 1.807) is 0 Å². The van der Waals surface area contributed by atoms with E-state index in [4.69, 9.17) is 16.2 Å². The van der Waals surface area contributed by atoms with Gasteiger partial charge in [0.25, 0.3) is 0 Å². The number of nitrogens with two attached hydrogens (primary N) is 2. The van der Waals surface area contributed by atoms with Gasteiger partial charge in [0.05, 0.1) is 29.0 Å². The lowest BCUT2D eigenvalue weighted by atomic mass is 9.91. The second kappa shape index (κ2) is 22.3. The summed E-state index contributed by atoms with van der Waals surface area (Å²) in [5.74, 6) is 0.267. The first kappa shape index (κ1) is 54.9. The zero-order valence-electron chi connectivity index (χ0n) is 39.1. The van der Waals surface area contributed by atoms with E-state index in [1.165, 1.54) is 26.6 Å². The number of nitrogens with one attached hydrogen (secondary N) is 3. The van der Waals surface area contributed by atoms with Crippen molar-refractivity contribution in [2.75, 3.05) is 0 Å². The van der Waals surface area contributed by atoms with Gasteiger partial charge in [0.2, 0.25) is 0 Å². The zero-order valence-corrected chi connectivity index (χ0v) is 47.1. The highest BCUT2D eigenvalue weighted by Gasteiger charge is 2.33. The van der Waals surface area contributed by atoms with Gasteiger partial charge in [0, 0.05) is 80.2 Å². The number of rotatable bonds is 0. The smallest absolute Gasteiger partial charge is 0.419 e. The molecule has 376 valence electrons. The number of hydrogen-bond acceptors (Lipinski definition) is 6. The molecule has 4 atom stereocenters. The van der Waals surface area contributed by atoms with Gasteiger partial charge in [-0.2, -0.15) is 0 Å². The van der Waals surface area contributed by atoms with Gasteiger partial charge in [-0.25, -0.2) is 18.1 Å². The SMILES string of the molecule is CC(C)(C)OC(=O)n1c2c(c3cc(Br)ccc31)CCCC2=O.Cl.Cl.NC1c2[nH]c3ccc(Br)cc3c2CCC1F.NC1c2[nH]c3ccc(Br)cc3c2CCC1F.O=C1CCCc2c1[nH]c1ccc(Br)cc21. The van der Waals surface area contributed by atoms with Crippen LogP contribution in [0.5, 0.6) is 0 Å². The lowest BCUT2D eigenvalue weighted by molar-refractivity contribution is 0.0534. The Kier molecular flexibility index (Phi) is 17.2. The quantitative estimate of drug-likeness (QED) is 0.101. The fourth-order valence-corrected chi connectivity index (χ4v) is 11.5. The number of H-pyrrole nitrogens is 3. The molecule has 4 aromatic carbocycles. The molecule has 0 aliphatic heterocycles. The summed E-state index contributed by atoms with van der Waals surface area (Å²) >= 11 is 13.8. The first-order valence-electron chi connectivity index (χ1n) is 23.2. The summed E-state index contributed by atoms with van der Waals surface area (Å²) < 4.78 is 38.0.